The predicted molar refractivity (Wildman–Crippen MR) is 44.0 cm³/mol. The van der Waals surface area contributed by atoms with Gasteiger partial charge in [0.2, 0.25) is 0 Å². The van der Waals surface area contributed by atoms with E-state index in [0.29, 0.717) is 0 Å². The van der Waals surface area contributed by atoms with E-state index in [0.717, 1.165) is 16.3 Å². The molecule has 0 aliphatic heterocycles. The molecule has 0 bridgehead atoms. The van der Waals surface area contributed by atoms with Crippen LogP contribution in [0.2, 0.25) is 5.02 Å². The number of rotatable bonds is 1. The molecule has 0 atom stereocenters. The van der Waals surface area contributed by atoms with Gasteiger partial charge >= 0.3 is 0 Å². The molecule has 11 heavy (non-hydrogen) atoms. The maximum absolute atomic E-state index is 5.80. The molecule has 1 aromatic rings. The molecular weight excluding hydrogens is 183 g/mol. The number of benzene rings is 1. The Morgan fingerprint density at radius 1 is 1.45 bits per heavy atom. The van der Waals surface area contributed by atoms with Gasteiger partial charge in [0.1, 0.15) is 0 Å². The third-order valence-corrected chi connectivity index (χ3v) is 1.75. The Morgan fingerprint density at radius 2 is 2.09 bits per heavy atom. The average Bonchev–Trinajstić information content (AvgIpc) is 1.95. The van der Waals surface area contributed by atoms with Crippen LogP contribution in [0, 0.1) is 6.92 Å². The molecule has 0 aromatic heterocycles. The summed E-state index contributed by atoms with van der Waals surface area (Å²) in [7, 11) is 0. The molecule has 0 fully saturated rings. The van der Waals surface area contributed by atoms with Crippen LogP contribution in [0.1, 0.15) is 5.56 Å². The maximum Gasteiger partial charge on any atom is 0.0500 e. The molecule has 0 radical (unpaired) electrons. The summed E-state index contributed by atoms with van der Waals surface area (Å²) in [6.07, 6.45) is 0. The van der Waals surface area contributed by atoms with Gasteiger partial charge in [-0.05, 0) is 24.6 Å². The van der Waals surface area contributed by atoms with Gasteiger partial charge in [0, 0.05) is 10.7 Å². The second kappa shape index (κ2) is 4.44. The van der Waals surface area contributed by atoms with Crippen LogP contribution in [0.4, 0.5) is 5.69 Å². The average molecular weight is 192 g/mol. The van der Waals surface area contributed by atoms with Crippen LogP contribution < -0.4 is 23.7 Å². The van der Waals surface area contributed by atoms with Crippen molar-refractivity contribution in [3.63, 3.8) is 0 Å². The summed E-state index contributed by atoms with van der Waals surface area (Å²) in [4.78, 5) is 0. The van der Waals surface area contributed by atoms with E-state index in [1.807, 2.05) is 19.1 Å². The highest BCUT2D eigenvalue weighted by atomic mass is 35.5. The van der Waals surface area contributed by atoms with E-state index >= 15 is 0 Å². The van der Waals surface area contributed by atoms with Crippen LogP contribution in [0.5, 0.6) is 0 Å². The molecule has 62 valence electrons. The van der Waals surface area contributed by atoms with Crippen molar-refractivity contribution in [2.24, 2.45) is 5.84 Å². The highest BCUT2D eigenvalue weighted by Crippen LogP contribution is 2.18. The van der Waals surface area contributed by atoms with Crippen molar-refractivity contribution >= 4 is 17.3 Å². The lowest BCUT2D eigenvalue weighted by atomic mass is 10.2. The molecule has 3 N–H and O–H groups in total. The van der Waals surface area contributed by atoms with Gasteiger partial charge in [0.25, 0.3) is 0 Å². The Hall–Kier alpha value is -0.440. The quantitative estimate of drug-likeness (QED) is 0.439. The summed E-state index contributed by atoms with van der Waals surface area (Å²) in [5, 5.41) is 0.732. The fraction of sp³-hybridized carbons (Fsp3) is 0.143. The van der Waals surface area contributed by atoms with E-state index in [2.05, 4.69) is 5.43 Å². The summed E-state index contributed by atoms with van der Waals surface area (Å²) in [6, 6.07) is 5.58. The van der Waals surface area contributed by atoms with Crippen LogP contribution in [-0.4, -0.2) is 0 Å². The second-order valence-electron chi connectivity index (χ2n) is 2.11. The van der Waals surface area contributed by atoms with Gasteiger partial charge in [0.15, 0.2) is 0 Å². The van der Waals surface area contributed by atoms with Gasteiger partial charge in [-0.3, -0.25) is 5.84 Å². The van der Waals surface area contributed by atoms with Gasteiger partial charge in [-0.15, -0.1) is 0 Å². The van der Waals surface area contributed by atoms with Crippen molar-refractivity contribution in [2.45, 2.75) is 6.92 Å². The van der Waals surface area contributed by atoms with Crippen molar-refractivity contribution in [1.29, 1.82) is 0 Å². The zero-order valence-corrected chi connectivity index (χ0v) is 7.58. The number of nitrogens with two attached hydrogens (primary N) is 1. The standard InChI is InChI=1S/C7H9ClN2.ClH/c1-5-2-3-6(10-9)4-7(5)8;/h2-4,10H,9H2,1H3;1H/p-1. The van der Waals surface area contributed by atoms with E-state index in [-0.39, 0.29) is 12.4 Å². The van der Waals surface area contributed by atoms with Gasteiger partial charge in [-0.1, -0.05) is 17.7 Å². The predicted octanol–water partition coefficient (Wildman–Crippen LogP) is -1.06. The van der Waals surface area contributed by atoms with Crippen LogP contribution in [0.3, 0.4) is 0 Å². The summed E-state index contributed by atoms with van der Waals surface area (Å²) in [6.45, 7) is 1.95. The Bertz CT molecular complexity index is 238. The lowest BCUT2D eigenvalue weighted by Gasteiger charge is -2.01. The Balaban J connectivity index is 0.000001000. The number of anilines is 1. The summed E-state index contributed by atoms with van der Waals surface area (Å²) < 4.78 is 0. The van der Waals surface area contributed by atoms with E-state index in [9.17, 15) is 0 Å². The number of aryl methyl sites for hydroxylation is 1. The molecule has 0 unspecified atom stereocenters. The fourth-order valence-corrected chi connectivity index (χ4v) is 0.863. The van der Waals surface area contributed by atoms with E-state index in [4.69, 9.17) is 17.4 Å². The number of nitrogens with one attached hydrogen (secondary N) is 1. The van der Waals surface area contributed by atoms with Gasteiger partial charge in [-0.2, -0.15) is 0 Å². The highest BCUT2D eigenvalue weighted by molar-refractivity contribution is 6.31. The van der Waals surface area contributed by atoms with Crippen molar-refractivity contribution in [3.8, 4) is 0 Å². The first-order valence-electron chi connectivity index (χ1n) is 2.97. The summed E-state index contributed by atoms with van der Waals surface area (Å²) >= 11 is 5.80. The SMILES string of the molecule is Cc1ccc(NN)cc1Cl.[Cl-]. The molecule has 0 spiro atoms. The molecule has 0 saturated carbocycles. The first-order valence-corrected chi connectivity index (χ1v) is 3.34. The van der Waals surface area contributed by atoms with Gasteiger partial charge in [0.05, 0.1) is 0 Å². The summed E-state index contributed by atoms with van der Waals surface area (Å²) in [5.74, 6) is 5.16. The molecular formula is C7H9Cl2N2-. The number of nitrogen functional groups attached to an aromatic ring is 1. The molecule has 1 rings (SSSR count). The third kappa shape index (κ3) is 2.58. The Morgan fingerprint density at radius 3 is 2.55 bits per heavy atom. The van der Waals surface area contributed by atoms with E-state index < -0.39 is 0 Å². The molecule has 2 nitrogen and oxygen atoms in total. The van der Waals surface area contributed by atoms with Gasteiger partial charge < -0.3 is 17.8 Å². The zero-order valence-electron chi connectivity index (χ0n) is 6.07. The number of hydrazine groups is 1. The monoisotopic (exact) mass is 191 g/mol. The molecule has 0 saturated heterocycles. The van der Waals surface area contributed by atoms with Crippen molar-refractivity contribution < 1.29 is 12.4 Å². The van der Waals surface area contributed by atoms with E-state index in [1.54, 1.807) is 6.07 Å². The van der Waals surface area contributed by atoms with Crippen molar-refractivity contribution in [2.75, 3.05) is 5.43 Å². The number of halogens is 2. The first-order chi connectivity index (χ1) is 4.74. The normalized spacial score (nSPS) is 8.64. The molecule has 0 aliphatic carbocycles. The lowest BCUT2D eigenvalue weighted by molar-refractivity contribution is -0.00000209. The molecule has 1 aromatic carbocycles. The summed E-state index contributed by atoms with van der Waals surface area (Å²) in [5.41, 5.74) is 4.40. The van der Waals surface area contributed by atoms with E-state index in [1.165, 1.54) is 0 Å². The van der Waals surface area contributed by atoms with Crippen molar-refractivity contribution in [1.82, 2.24) is 0 Å². The minimum Gasteiger partial charge on any atom is -1.00 e. The van der Waals surface area contributed by atoms with Crippen LogP contribution in [-0.2, 0) is 0 Å². The third-order valence-electron chi connectivity index (χ3n) is 1.34. The Kier molecular flexibility index (Phi) is 4.26. The minimum absolute atomic E-state index is 0. The zero-order chi connectivity index (χ0) is 7.56. The van der Waals surface area contributed by atoms with Gasteiger partial charge in [-0.25, -0.2) is 0 Å². The Labute approximate surface area is 77.1 Å². The topological polar surface area (TPSA) is 38.0 Å². The van der Waals surface area contributed by atoms with Crippen LogP contribution >= 0.6 is 11.6 Å². The number of hydrogen-bond donors (Lipinski definition) is 2. The second-order valence-corrected chi connectivity index (χ2v) is 2.52. The molecule has 4 heteroatoms. The maximum atomic E-state index is 5.80. The molecule has 0 heterocycles. The fourth-order valence-electron chi connectivity index (χ4n) is 0.683. The highest BCUT2D eigenvalue weighted by Gasteiger charge is 1.94. The number of hydrogen-bond acceptors (Lipinski definition) is 2. The lowest BCUT2D eigenvalue weighted by Crippen LogP contribution is -3.00. The van der Waals surface area contributed by atoms with Crippen molar-refractivity contribution in [3.05, 3.63) is 28.8 Å². The molecule has 0 aliphatic rings. The molecule has 0 amide bonds. The minimum atomic E-state index is 0. The largest absolute Gasteiger partial charge is 1.00 e. The first kappa shape index (κ1) is 10.6. The van der Waals surface area contributed by atoms with Crippen LogP contribution in [0.15, 0.2) is 18.2 Å². The van der Waals surface area contributed by atoms with Crippen LogP contribution in [0.25, 0.3) is 0 Å². The smallest absolute Gasteiger partial charge is 0.0500 e.